The van der Waals surface area contributed by atoms with Crippen LogP contribution in [0.2, 0.25) is 0 Å². The number of morpholine rings is 1. The number of hydrogen-bond acceptors (Lipinski definition) is 3. The zero-order valence-corrected chi connectivity index (χ0v) is 13.2. The first-order chi connectivity index (χ1) is 8.36. The van der Waals surface area contributed by atoms with E-state index in [2.05, 4.69) is 39.7 Å². The monoisotopic (exact) mass is 354 g/mol. The Balaban J connectivity index is 1.91. The van der Waals surface area contributed by atoms with Crippen molar-refractivity contribution >= 4 is 22.6 Å². The Labute approximate surface area is 120 Å². The van der Waals surface area contributed by atoms with E-state index >= 15 is 0 Å². The van der Waals surface area contributed by atoms with Crippen LogP contribution in [0.25, 0.3) is 0 Å². The highest BCUT2D eigenvalue weighted by Crippen LogP contribution is 2.04. The molecule has 1 fully saturated rings. The molecule has 0 bridgehead atoms. The van der Waals surface area contributed by atoms with Crippen LogP contribution in [0.15, 0.2) is 0 Å². The molecule has 3 nitrogen and oxygen atoms in total. The quantitative estimate of drug-likeness (QED) is 0.391. The minimum absolute atomic E-state index is 0.401. The number of ether oxygens (including phenoxy) is 1. The van der Waals surface area contributed by atoms with Gasteiger partial charge in [-0.25, -0.2) is 0 Å². The Kier molecular flexibility index (Phi) is 9.70. The fraction of sp³-hybridized carbons (Fsp3) is 1.00. The first kappa shape index (κ1) is 15.7. The molecule has 0 aromatic carbocycles. The van der Waals surface area contributed by atoms with E-state index in [4.69, 9.17) is 4.74 Å². The Morgan fingerprint density at radius 2 is 2.12 bits per heavy atom. The van der Waals surface area contributed by atoms with E-state index in [1.165, 1.54) is 30.1 Å². The summed E-state index contributed by atoms with van der Waals surface area (Å²) < 4.78 is 7.05. The van der Waals surface area contributed by atoms with Crippen LogP contribution in [-0.2, 0) is 4.74 Å². The van der Waals surface area contributed by atoms with E-state index in [0.717, 1.165) is 39.3 Å². The molecular weight excluding hydrogens is 327 g/mol. The van der Waals surface area contributed by atoms with Gasteiger partial charge in [-0.1, -0.05) is 42.4 Å². The molecule has 0 aliphatic carbocycles. The van der Waals surface area contributed by atoms with Crippen LogP contribution in [0, 0.1) is 0 Å². The molecule has 1 aliphatic heterocycles. The number of nitrogens with zero attached hydrogens (tertiary/aromatic N) is 1. The highest BCUT2D eigenvalue weighted by Gasteiger charge is 2.18. The predicted molar refractivity (Wildman–Crippen MR) is 82.1 cm³/mol. The molecule has 1 unspecified atom stereocenters. The molecule has 0 saturated carbocycles. The van der Waals surface area contributed by atoms with E-state index in [1.807, 2.05) is 0 Å². The smallest absolute Gasteiger partial charge is 0.0826 e. The van der Waals surface area contributed by atoms with Crippen molar-refractivity contribution in [2.24, 2.45) is 0 Å². The molecule has 1 N–H and O–H groups in total. The number of halogens is 1. The summed E-state index contributed by atoms with van der Waals surface area (Å²) in [4.78, 5) is 2.47. The second-order valence-electron chi connectivity index (χ2n) is 4.69. The van der Waals surface area contributed by atoms with Crippen LogP contribution < -0.4 is 5.32 Å². The Hall–Kier alpha value is 0.610. The normalized spacial score (nSPS) is 21.9. The van der Waals surface area contributed by atoms with E-state index in [9.17, 15) is 0 Å². The van der Waals surface area contributed by atoms with Crippen molar-refractivity contribution in [2.45, 2.75) is 38.7 Å². The molecular formula is C13H27IN2O. The van der Waals surface area contributed by atoms with Gasteiger partial charge in [-0.05, 0) is 30.4 Å². The molecule has 4 heteroatoms. The maximum absolute atomic E-state index is 5.75. The van der Waals surface area contributed by atoms with Crippen molar-refractivity contribution < 1.29 is 4.74 Å². The maximum Gasteiger partial charge on any atom is 0.0826 e. The van der Waals surface area contributed by atoms with Crippen molar-refractivity contribution in [3.05, 3.63) is 0 Å². The van der Waals surface area contributed by atoms with Crippen LogP contribution in [-0.4, -0.2) is 54.8 Å². The average molecular weight is 354 g/mol. The van der Waals surface area contributed by atoms with Crippen LogP contribution in [0.5, 0.6) is 0 Å². The maximum atomic E-state index is 5.75. The summed E-state index contributed by atoms with van der Waals surface area (Å²) in [7, 11) is 0. The fourth-order valence-electron chi connectivity index (χ4n) is 2.15. The summed E-state index contributed by atoms with van der Waals surface area (Å²) in [5, 5.41) is 3.52. The van der Waals surface area contributed by atoms with Crippen LogP contribution in [0.4, 0.5) is 0 Å². The summed E-state index contributed by atoms with van der Waals surface area (Å²) >= 11 is 2.45. The molecule has 0 aromatic heterocycles. The van der Waals surface area contributed by atoms with Crippen molar-refractivity contribution in [2.75, 3.05) is 43.8 Å². The minimum atomic E-state index is 0.401. The van der Waals surface area contributed by atoms with E-state index < -0.39 is 0 Å². The van der Waals surface area contributed by atoms with Gasteiger partial charge in [0.15, 0.2) is 0 Å². The van der Waals surface area contributed by atoms with Gasteiger partial charge in [-0.2, -0.15) is 0 Å². The number of rotatable bonds is 9. The summed E-state index contributed by atoms with van der Waals surface area (Å²) in [6, 6.07) is 0. The zero-order chi connectivity index (χ0) is 12.3. The largest absolute Gasteiger partial charge is 0.374 e. The predicted octanol–water partition coefficient (Wildman–Crippen LogP) is 2.29. The molecule has 1 atom stereocenters. The van der Waals surface area contributed by atoms with E-state index in [-0.39, 0.29) is 0 Å². The molecule has 0 radical (unpaired) electrons. The number of nitrogens with one attached hydrogen (secondary N) is 1. The Morgan fingerprint density at radius 1 is 1.29 bits per heavy atom. The molecule has 0 amide bonds. The van der Waals surface area contributed by atoms with Crippen LogP contribution in [0.1, 0.15) is 32.6 Å². The van der Waals surface area contributed by atoms with E-state index in [0.29, 0.717) is 6.10 Å². The van der Waals surface area contributed by atoms with Gasteiger partial charge < -0.3 is 10.1 Å². The topological polar surface area (TPSA) is 24.5 Å². The third-order valence-electron chi connectivity index (χ3n) is 3.28. The molecule has 0 spiro atoms. The van der Waals surface area contributed by atoms with Crippen LogP contribution >= 0.6 is 22.6 Å². The summed E-state index contributed by atoms with van der Waals surface area (Å²) in [5.41, 5.74) is 0. The molecule has 1 heterocycles. The lowest BCUT2D eigenvalue weighted by atomic mass is 10.2. The fourth-order valence-corrected chi connectivity index (χ4v) is 2.69. The minimum Gasteiger partial charge on any atom is -0.374 e. The number of hydrogen-bond donors (Lipinski definition) is 1. The lowest BCUT2D eigenvalue weighted by Gasteiger charge is -2.32. The van der Waals surface area contributed by atoms with Gasteiger partial charge in [0.25, 0.3) is 0 Å². The second kappa shape index (κ2) is 10.5. The van der Waals surface area contributed by atoms with Crippen molar-refractivity contribution in [1.82, 2.24) is 10.2 Å². The van der Waals surface area contributed by atoms with Crippen LogP contribution in [0.3, 0.4) is 0 Å². The van der Waals surface area contributed by atoms with Gasteiger partial charge in [0.05, 0.1) is 12.7 Å². The Morgan fingerprint density at radius 3 is 2.88 bits per heavy atom. The molecule has 0 aromatic rings. The molecule has 1 aliphatic rings. The van der Waals surface area contributed by atoms with Gasteiger partial charge in [-0.3, -0.25) is 4.90 Å². The molecule has 1 saturated heterocycles. The summed E-state index contributed by atoms with van der Waals surface area (Å²) in [6.45, 7) is 8.63. The highest BCUT2D eigenvalue weighted by molar-refractivity contribution is 14.1. The standard InChI is InChI=1S/C13H27IN2O/c1-2-16-9-10-17-13(12-16)11-15-8-6-4-3-5-7-14/h13,15H,2-12H2,1H3. The Bertz CT molecular complexity index is 181. The third kappa shape index (κ3) is 7.59. The summed E-state index contributed by atoms with van der Waals surface area (Å²) in [6.07, 6.45) is 5.83. The van der Waals surface area contributed by atoms with Gasteiger partial charge in [-0.15, -0.1) is 0 Å². The van der Waals surface area contributed by atoms with E-state index in [1.54, 1.807) is 0 Å². The van der Waals surface area contributed by atoms with Crippen molar-refractivity contribution in [3.8, 4) is 0 Å². The number of alkyl halides is 1. The molecule has 17 heavy (non-hydrogen) atoms. The van der Waals surface area contributed by atoms with Gasteiger partial charge in [0.2, 0.25) is 0 Å². The number of unbranched alkanes of at least 4 members (excludes halogenated alkanes) is 3. The second-order valence-corrected chi connectivity index (χ2v) is 5.77. The lowest BCUT2D eigenvalue weighted by molar-refractivity contribution is -0.0251. The van der Waals surface area contributed by atoms with Crippen molar-refractivity contribution in [3.63, 3.8) is 0 Å². The molecule has 102 valence electrons. The number of likely N-dealkylation sites (N-methyl/N-ethyl adjacent to an activating group) is 1. The van der Waals surface area contributed by atoms with Gasteiger partial charge in [0.1, 0.15) is 0 Å². The van der Waals surface area contributed by atoms with Gasteiger partial charge >= 0.3 is 0 Å². The lowest BCUT2D eigenvalue weighted by Crippen LogP contribution is -2.46. The SMILES string of the molecule is CCN1CCOC(CNCCCCCCI)C1. The third-order valence-corrected chi connectivity index (χ3v) is 4.04. The average Bonchev–Trinajstić information content (AvgIpc) is 2.38. The highest BCUT2D eigenvalue weighted by atomic mass is 127. The summed E-state index contributed by atoms with van der Waals surface area (Å²) in [5.74, 6) is 0. The van der Waals surface area contributed by atoms with Gasteiger partial charge in [0, 0.05) is 19.6 Å². The van der Waals surface area contributed by atoms with Crippen molar-refractivity contribution in [1.29, 1.82) is 0 Å². The molecule has 1 rings (SSSR count). The zero-order valence-electron chi connectivity index (χ0n) is 11.1. The first-order valence-electron chi connectivity index (χ1n) is 6.97. The first-order valence-corrected chi connectivity index (χ1v) is 8.50.